The topological polar surface area (TPSA) is 117 Å². The predicted molar refractivity (Wildman–Crippen MR) is 127 cm³/mol. The number of amides is 2. The molecule has 8 nitrogen and oxygen atoms in total. The van der Waals surface area contributed by atoms with Crippen LogP contribution in [0.4, 0.5) is 4.79 Å². The number of carbonyl (C=O) groups excluding carboxylic acids is 2. The number of carbonyl (C=O) groups is 2. The van der Waals surface area contributed by atoms with E-state index in [0.29, 0.717) is 11.3 Å². The lowest BCUT2D eigenvalue weighted by molar-refractivity contribution is -0.122. The van der Waals surface area contributed by atoms with Gasteiger partial charge in [0.2, 0.25) is 5.91 Å². The second kappa shape index (κ2) is 11.7. The maximum absolute atomic E-state index is 12.9. The molecule has 2 aromatic rings. The molecular formula is C24H33BN2O6. The zero-order valence-electron chi connectivity index (χ0n) is 19.8. The molecule has 178 valence electrons. The molecule has 9 heteroatoms. The summed E-state index contributed by atoms with van der Waals surface area (Å²) in [5, 5.41) is 25.0. The van der Waals surface area contributed by atoms with Crippen molar-refractivity contribution in [3.8, 4) is 5.75 Å². The molecule has 0 bridgehead atoms. The van der Waals surface area contributed by atoms with Gasteiger partial charge in [-0.3, -0.25) is 4.79 Å². The average molecular weight is 456 g/mol. The molecule has 0 spiro atoms. The third-order valence-corrected chi connectivity index (χ3v) is 4.82. The molecule has 0 aliphatic heterocycles. The van der Waals surface area contributed by atoms with E-state index in [9.17, 15) is 19.6 Å². The van der Waals surface area contributed by atoms with Crippen LogP contribution in [0, 0.1) is 6.92 Å². The predicted octanol–water partition coefficient (Wildman–Crippen LogP) is 2.70. The van der Waals surface area contributed by atoms with Crippen LogP contribution < -0.4 is 15.4 Å². The van der Waals surface area contributed by atoms with Crippen LogP contribution >= 0.6 is 0 Å². The third-order valence-electron chi connectivity index (χ3n) is 4.82. The van der Waals surface area contributed by atoms with E-state index < -0.39 is 36.7 Å². The molecule has 0 aliphatic carbocycles. The molecule has 0 aliphatic rings. The van der Waals surface area contributed by atoms with Gasteiger partial charge < -0.3 is 30.2 Å². The summed E-state index contributed by atoms with van der Waals surface area (Å²) in [6.07, 6.45) is -0.556. The smallest absolute Gasteiger partial charge is 0.475 e. The molecular weight excluding hydrogens is 423 g/mol. The van der Waals surface area contributed by atoms with E-state index in [-0.39, 0.29) is 12.8 Å². The van der Waals surface area contributed by atoms with Gasteiger partial charge in [0.1, 0.15) is 11.4 Å². The van der Waals surface area contributed by atoms with Gasteiger partial charge in [-0.25, -0.2) is 4.79 Å². The SMILES string of the molecule is COc1cccc(C(CC(=O)NC(Cc2cccc(C)c2)B(O)O)NC(=O)OC(C)(C)C)c1. The van der Waals surface area contributed by atoms with Crippen molar-refractivity contribution in [2.45, 2.75) is 58.1 Å². The van der Waals surface area contributed by atoms with Crippen LogP contribution in [0.5, 0.6) is 5.75 Å². The van der Waals surface area contributed by atoms with Gasteiger partial charge in [0.05, 0.1) is 25.5 Å². The zero-order chi connectivity index (χ0) is 24.6. The second-order valence-electron chi connectivity index (χ2n) is 8.96. The van der Waals surface area contributed by atoms with Crippen molar-refractivity contribution in [2.24, 2.45) is 0 Å². The Balaban J connectivity index is 2.16. The van der Waals surface area contributed by atoms with Crippen LogP contribution in [0.2, 0.25) is 0 Å². The highest BCUT2D eigenvalue weighted by atomic mass is 16.6. The van der Waals surface area contributed by atoms with E-state index in [1.54, 1.807) is 45.0 Å². The van der Waals surface area contributed by atoms with Crippen LogP contribution in [0.25, 0.3) is 0 Å². The van der Waals surface area contributed by atoms with Gasteiger partial charge in [0.25, 0.3) is 0 Å². The highest BCUT2D eigenvalue weighted by molar-refractivity contribution is 6.43. The first kappa shape index (κ1) is 26.2. The Hall–Kier alpha value is -3.04. The van der Waals surface area contributed by atoms with Gasteiger partial charge in [-0.05, 0) is 57.4 Å². The lowest BCUT2D eigenvalue weighted by Gasteiger charge is -2.25. The Morgan fingerprint density at radius 2 is 1.76 bits per heavy atom. The number of nitrogens with one attached hydrogen (secondary N) is 2. The van der Waals surface area contributed by atoms with Gasteiger partial charge in [0, 0.05) is 0 Å². The van der Waals surface area contributed by atoms with Gasteiger partial charge in [0.15, 0.2) is 0 Å². The summed E-state index contributed by atoms with van der Waals surface area (Å²) in [7, 11) is -0.218. The Morgan fingerprint density at radius 3 is 2.36 bits per heavy atom. The standard InChI is InChI=1S/C24H33BN2O6/c1-16-8-6-9-17(12-16)13-21(25(30)31)27-22(28)15-20(26-23(29)33-24(2,3)4)18-10-7-11-19(14-18)32-5/h6-12,14,20-21,30-31H,13,15H2,1-5H3,(H,26,29)(H,27,28). The Kier molecular flexibility index (Phi) is 9.31. The van der Waals surface area contributed by atoms with E-state index in [0.717, 1.165) is 11.1 Å². The highest BCUT2D eigenvalue weighted by Gasteiger charge is 2.28. The first-order valence-electron chi connectivity index (χ1n) is 10.8. The van der Waals surface area contributed by atoms with Gasteiger partial charge in [-0.15, -0.1) is 0 Å². The molecule has 33 heavy (non-hydrogen) atoms. The lowest BCUT2D eigenvalue weighted by atomic mass is 9.75. The van der Waals surface area contributed by atoms with Crippen molar-refractivity contribution < 1.29 is 29.1 Å². The van der Waals surface area contributed by atoms with Crippen molar-refractivity contribution >= 4 is 19.1 Å². The molecule has 0 fully saturated rings. The molecule has 2 rings (SSSR count). The fourth-order valence-electron chi connectivity index (χ4n) is 3.34. The van der Waals surface area contributed by atoms with Crippen molar-refractivity contribution in [2.75, 3.05) is 7.11 Å². The average Bonchev–Trinajstić information content (AvgIpc) is 2.71. The normalized spacial score (nSPS) is 12.9. The maximum Gasteiger partial charge on any atom is 0.475 e. The van der Waals surface area contributed by atoms with E-state index in [1.165, 1.54) is 7.11 Å². The van der Waals surface area contributed by atoms with E-state index in [1.807, 2.05) is 31.2 Å². The first-order chi connectivity index (χ1) is 15.5. The molecule has 2 aromatic carbocycles. The fourth-order valence-corrected chi connectivity index (χ4v) is 3.34. The van der Waals surface area contributed by atoms with Crippen molar-refractivity contribution in [3.05, 3.63) is 65.2 Å². The van der Waals surface area contributed by atoms with E-state index >= 15 is 0 Å². The third kappa shape index (κ3) is 9.15. The summed E-state index contributed by atoms with van der Waals surface area (Å²) in [5.41, 5.74) is 1.84. The van der Waals surface area contributed by atoms with Gasteiger partial charge in [-0.2, -0.15) is 0 Å². The summed E-state index contributed by atoms with van der Waals surface area (Å²) >= 11 is 0. The first-order valence-corrected chi connectivity index (χ1v) is 10.8. The molecule has 2 atom stereocenters. The Morgan fingerprint density at radius 1 is 1.06 bits per heavy atom. The molecule has 2 amide bonds. The van der Waals surface area contributed by atoms with E-state index in [4.69, 9.17) is 9.47 Å². The van der Waals surface area contributed by atoms with Crippen LogP contribution in [0.3, 0.4) is 0 Å². The molecule has 0 saturated heterocycles. The highest BCUT2D eigenvalue weighted by Crippen LogP contribution is 2.23. The largest absolute Gasteiger partial charge is 0.497 e. The number of ether oxygens (including phenoxy) is 2. The van der Waals surface area contributed by atoms with Gasteiger partial charge in [-0.1, -0.05) is 42.0 Å². The van der Waals surface area contributed by atoms with Crippen LogP contribution in [0.1, 0.15) is 49.9 Å². The van der Waals surface area contributed by atoms with E-state index in [2.05, 4.69) is 10.6 Å². The zero-order valence-corrected chi connectivity index (χ0v) is 19.8. The van der Waals surface area contributed by atoms with Crippen LogP contribution in [-0.4, -0.2) is 47.8 Å². The fraction of sp³-hybridized carbons (Fsp3) is 0.417. The summed E-state index contributed by atoms with van der Waals surface area (Å²) in [6.45, 7) is 7.18. The molecule has 4 N–H and O–H groups in total. The molecule has 0 saturated carbocycles. The second-order valence-corrected chi connectivity index (χ2v) is 8.96. The van der Waals surface area contributed by atoms with Crippen LogP contribution in [-0.2, 0) is 16.0 Å². The Bertz CT molecular complexity index is 945. The summed E-state index contributed by atoms with van der Waals surface area (Å²) in [6, 6.07) is 13.9. The molecule has 0 heterocycles. The molecule has 2 unspecified atom stereocenters. The monoisotopic (exact) mass is 456 g/mol. The van der Waals surface area contributed by atoms with Gasteiger partial charge >= 0.3 is 13.2 Å². The number of aryl methyl sites for hydroxylation is 1. The number of alkyl carbamates (subject to hydrolysis) is 1. The Labute approximate surface area is 195 Å². The number of hydrogen-bond donors (Lipinski definition) is 4. The van der Waals surface area contributed by atoms with Crippen molar-refractivity contribution in [1.82, 2.24) is 10.6 Å². The number of rotatable bonds is 9. The number of benzene rings is 2. The quantitative estimate of drug-likeness (QED) is 0.431. The van der Waals surface area contributed by atoms with Crippen molar-refractivity contribution in [3.63, 3.8) is 0 Å². The minimum Gasteiger partial charge on any atom is -0.497 e. The number of methoxy groups -OCH3 is 1. The molecule has 0 aromatic heterocycles. The maximum atomic E-state index is 12.9. The number of hydrogen-bond acceptors (Lipinski definition) is 6. The molecule has 0 radical (unpaired) electrons. The summed E-state index contributed by atoms with van der Waals surface area (Å²) in [5.74, 6) is -0.789. The summed E-state index contributed by atoms with van der Waals surface area (Å²) in [4.78, 5) is 25.3. The van der Waals surface area contributed by atoms with Crippen LogP contribution in [0.15, 0.2) is 48.5 Å². The lowest BCUT2D eigenvalue weighted by Crippen LogP contribution is -2.48. The minimum absolute atomic E-state index is 0.135. The van der Waals surface area contributed by atoms with Crippen molar-refractivity contribution in [1.29, 1.82) is 0 Å². The minimum atomic E-state index is -1.75. The summed E-state index contributed by atoms with van der Waals surface area (Å²) < 4.78 is 10.6.